The third-order valence-electron chi connectivity index (χ3n) is 4.62. The zero-order chi connectivity index (χ0) is 19.4. The van der Waals surface area contributed by atoms with Gasteiger partial charge < -0.3 is 4.74 Å². The van der Waals surface area contributed by atoms with Gasteiger partial charge in [-0.1, -0.05) is 41.1 Å². The first-order valence-corrected chi connectivity index (χ1v) is 11.6. The number of benzene rings is 2. The molecule has 1 fully saturated rings. The normalized spacial score (nSPS) is 15.5. The molecule has 1 atom stereocenters. The number of halogens is 2. The lowest BCUT2D eigenvalue weighted by molar-refractivity contribution is 0.284. The van der Waals surface area contributed by atoms with Crippen LogP contribution in [0.3, 0.4) is 0 Å². The lowest BCUT2D eigenvalue weighted by atomic mass is 10.1. The fraction of sp³-hybridized carbons (Fsp3) is 0.400. The number of nitrogens with one attached hydrogen (secondary N) is 1. The molecular formula is C20H23BrFNO3S. The van der Waals surface area contributed by atoms with Crippen LogP contribution in [0.25, 0.3) is 0 Å². The van der Waals surface area contributed by atoms with Crippen molar-refractivity contribution in [2.45, 2.75) is 42.5 Å². The summed E-state index contributed by atoms with van der Waals surface area (Å²) in [6.07, 6.45) is 2.77. The molecule has 1 aliphatic carbocycles. The minimum Gasteiger partial charge on any atom is -0.490 e. The van der Waals surface area contributed by atoms with Gasteiger partial charge in [0.15, 0.2) is 11.6 Å². The molecule has 0 aliphatic heterocycles. The summed E-state index contributed by atoms with van der Waals surface area (Å²) in [5.74, 6) is 0.261. The molecule has 0 bridgehead atoms. The van der Waals surface area contributed by atoms with E-state index in [2.05, 4.69) is 20.7 Å². The fourth-order valence-corrected chi connectivity index (χ4v) is 4.42. The number of hydrogen-bond acceptors (Lipinski definition) is 3. The second-order valence-corrected chi connectivity index (χ2v) is 9.08. The molecule has 3 rings (SSSR count). The smallest absolute Gasteiger partial charge is 0.241 e. The highest BCUT2D eigenvalue weighted by Crippen LogP contribution is 2.31. The molecule has 0 saturated heterocycles. The van der Waals surface area contributed by atoms with E-state index < -0.39 is 21.9 Å². The van der Waals surface area contributed by atoms with Crippen molar-refractivity contribution in [2.75, 3.05) is 6.61 Å². The summed E-state index contributed by atoms with van der Waals surface area (Å²) in [4.78, 5) is 0.206. The van der Waals surface area contributed by atoms with Gasteiger partial charge in [0, 0.05) is 11.4 Å². The number of ether oxygens (including phenoxy) is 1. The van der Waals surface area contributed by atoms with Crippen molar-refractivity contribution < 1.29 is 17.5 Å². The largest absolute Gasteiger partial charge is 0.490 e. The van der Waals surface area contributed by atoms with Crippen molar-refractivity contribution in [3.8, 4) is 5.75 Å². The molecular weight excluding hydrogens is 433 g/mol. The van der Waals surface area contributed by atoms with E-state index in [1.54, 1.807) is 36.4 Å². The Labute approximate surface area is 168 Å². The van der Waals surface area contributed by atoms with Crippen LogP contribution in [0.15, 0.2) is 47.4 Å². The molecule has 27 heavy (non-hydrogen) atoms. The van der Waals surface area contributed by atoms with E-state index in [0.717, 1.165) is 18.4 Å². The van der Waals surface area contributed by atoms with E-state index in [1.807, 2.05) is 6.92 Å². The van der Waals surface area contributed by atoms with Crippen LogP contribution in [0, 0.1) is 11.7 Å². The standard InChI is InChI=1S/C20H23BrFNO3S/c1-2-19(23-27(24,25)17-8-5-14(12-21)6-9-17)16-7-10-18(22)20(11-16)26-13-15-3-4-15/h5-11,15,19,23H,2-4,12-13H2,1H3/t19-/m1/s1. The Kier molecular flexibility index (Phi) is 6.55. The average molecular weight is 456 g/mol. The summed E-state index contributed by atoms with van der Waals surface area (Å²) >= 11 is 3.34. The van der Waals surface area contributed by atoms with Gasteiger partial charge in [0.25, 0.3) is 0 Å². The maximum Gasteiger partial charge on any atom is 0.241 e. The van der Waals surface area contributed by atoms with Crippen molar-refractivity contribution in [1.29, 1.82) is 0 Å². The highest BCUT2D eigenvalue weighted by Gasteiger charge is 2.24. The molecule has 1 aliphatic rings. The van der Waals surface area contributed by atoms with Crippen LogP contribution >= 0.6 is 15.9 Å². The van der Waals surface area contributed by atoms with Crippen LogP contribution in [0.1, 0.15) is 43.4 Å². The van der Waals surface area contributed by atoms with Crippen molar-refractivity contribution >= 4 is 26.0 Å². The molecule has 2 aromatic carbocycles. The minimum absolute atomic E-state index is 0.179. The maximum absolute atomic E-state index is 14.0. The molecule has 2 aromatic rings. The first kappa shape index (κ1) is 20.3. The summed E-state index contributed by atoms with van der Waals surface area (Å²) in [7, 11) is -3.68. The van der Waals surface area contributed by atoms with Crippen LogP contribution in [0.5, 0.6) is 5.75 Å². The van der Waals surface area contributed by atoms with E-state index in [4.69, 9.17) is 4.74 Å². The second kappa shape index (κ2) is 8.71. The first-order valence-electron chi connectivity index (χ1n) is 9.02. The van der Waals surface area contributed by atoms with Crippen molar-refractivity contribution in [3.63, 3.8) is 0 Å². The fourth-order valence-electron chi connectivity index (χ4n) is 2.74. The lowest BCUT2D eigenvalue weighted by Gasteiger charge is -2.19. The van der Waals surface area contributed by atoms with E-state index >= 15 is 0 Å². The molecule has 146 valence electrons. The van der Waals surface area contributed by atoms with E-state index in [1.165, 1.54) is 6.07 Å². The Morgan fingerprint density at radius 1 is 1.22 bits per heavy atom. The van der Waals surface area contributed by atoms with Crippen LogP contribution in [-0.4, -0.2) is 15.0 Å². The van der Waals surface area contributed by atoms with Crippen LogP contribution < -0.4 is 9.46 Å². The SMILES string of the molecule is CC[C@@H](NS(=O)(=O)c1ccc(CBr)cc1)c1ccc(F)c(OCC2CC2)c1. The van der Waals surface area contributed by atoms with Gasteiger partial charge in [0.05, 0.1) is 11.5 Å². The molecule has 0 spiro atoms. The molecule has 0 heterocycles. The molecule has 7 heteroatoms. The Morgan fingerprint density at radius 3 is 2.52 bits per heavy atom. The van der Waals surface area contributed by atoms with Crippen LogP contribution in [0.2, 0.25) is 0 Å². The van der Waals surface area contributed by atoms with E-state index in [-0.39, 0.29) is 10.6 Å². The van der Waals surface area contributed by atoms with Gasteiger partial charge >= 0.3 is 0 Å². The van der Waals surface area contributed by atoms with E-state index in [9.17, 15) is 12.8 Å². The van der Waals surface area contributed by atoms with Crippen molar-refractivity contribution in [2.24, 2.45) is 5.92 Å². The van der Waals surface area contributed by atoms with Gasteiger partial charge in [-0.2, -0.15) is 0 Å². The summed E-state index contributed by atoms with van der Waals surface area (Å²) in [5.41, 5.74) is 1.68. The van der Waals surface area contributed by atoms with Gasteiger partial charge in [0.1, 0.15) is 0 Å². The molecule has 1 saturated carbocycles. The molecule has 4 nitrogen and oxygen atoms in total. The Morgan fingerprint density at radius 2 is 1.93 bits per heavy atom. The second-order valence-electron chi connectivity index (χ2n) is 6.80. The predicted molar refractivity (Wildman–Crippen MR) is 107 cm³/mol. The number of hydrogen-bond donors (Lipinski definition) is 1. The summed E-state index contributed by atoms with van der Waals surface area (Å²) < 4.78 is 47.8. The number of alkyl halides is 1. The van der Waals surface area contributed by atoms with E-state index in [0.29, 0.717) is 29.8 Å². The number of sulfonamides is 1. The van der Waals surface area contributed by atoms with Gasteiger partial charge in [-0.3, -0.25) is 0 Å². The molecule has 0 amide bonds. The Bertz CT molecular complexity index is 883. The van der Waals surface area contributed by atoms with Gasteiger partial charge in [0.2, 0.25) is 10.0 Å². The highest BCUT2D eigenvalue weighted by atomic mass is 79.9. The zero-order valence-corrected chi connectivity index (χ0v) is 17.5. The number of rotatable bonds is 9. The zero-order valence-electron chi connectivity index (χ0n) is 15.1. The predicted octanol–water partition coefficient (Wildman–Crippen LogP) is 4.94. The average Bonchev–Trinajstić information content (AvgIpc) is 3.50. The summed E-state index contributed by atoms with van der Waals surface area (Å²) in [5, 5.41) is 0.664. The monoisotopic (exact) mass is 455 g/mol. The topological polar surface area (TPSA) is 55.4 Å². The Balaban J connectivity index is 1.78. The third kappa shape index (κ3) is 5.30. The molecule has 0 aromatic heterocycles. The quantitative estimate of drug-likeness (QED) is 0.544. The third-order valence-corrected chi connectivity index (χ3v) is 6.76. The van der Waals surface area contributed by atoms with Crippen molar-refractivity contribution in [1.82, 2.24) is 4.72 Å². The highest BCUT2D eigenvalue weighted by molar-refractivity contribution is 9.08. The van der Waals surface area contributed by atoms with Crippen molar-refractivity contribution in [3.05, 3.63) is 59.4 Å². The summed E-state index contributed by atoms with van der Waals surface area (Å²) in [6, 6.07) is 10.8. The maximum atomic E-state index is 14.0. The van der Waals surface area contributed by atoms with Crippen LogP contribution in [0.4, 0.5) is 4.39 Å². The summed E-state index contributed by atoms with van der Waals surface area (Å²) in [6.45, 7) is 2.39. The molecule has 1 N–H and O–H groups in total. The van der Waals surface area contributed by atoms with Crippen LogP contribution in [-0.2, 0) is 15.4 Å². The first-order chi connectivity index (χ1) is 12.9. The minimum atomic E-state index is -3.68. The Hall–Kier alpha value is -1.44. The van der Waals surface area contributed by atoms with Gasteiger partial charge in [-0.25, -0.2) is 17.5 Å². The van der Waals surface area contributed by atoms with Gasteiger partial charge in [-0.15, -0.1) is 0 Å². The molecule has 0 unspecified atom stereocenters. The lowest BCUT2D eigenvalue weighted by Crippen LogP contribution is -2.28. The van der Waals surface area contributed by atoms with Gasteiger partial charge in [-0.05, 0) is 60.6 Å². The molecule has 0 radical (unpaired) electrons.